The van der Waals surface area contributed by atoms with Crippen molar-refractivity contribution >= 4 is 16.2 Å². The normalized spacial score (nSPS) is 0.750. The van der Waals surface area contributed by atoms with E-state index in [0.717, 1.165) is 0 Å². The molecular weight excluding hydrogens is 195 g/mol. The third-order valence-electron chi connectivity index (χ3n) is 0. The molecule has 0 N–H and O–H groups in total. The quantitative estimate of drug-likeness (QED) is 0.373. The van der Waals surface area contributed by atoms with E-state index >= 15 is 0 Å². The van der Waals surface area contributed by atoms with Gasteiger partial charge in [0.25, 0.3) is 0 Å². The summed E-state index contributed by atoms with van der Waals surface area (Å²) in [6.07, 6.45) is 0. The Morgan fingerprint density at radius 2 is 1.50 bits per heavy atom. The van der Waals surface area contributed by atoms with Crippen molar-refractivity contribution in [3.63, 3.8) is 0 Å². The van der Waals surface area contributed by atoms with Gasteiger partial charge in [0.05, 0.1) is 0 Å². The molecule has 4 heteroatoms. The fourth-order valence-corrected chi connectivity index (χ4v) is 0. The summed E-state index contributed by atoms with van der Waals surface area (Å²) in [6, 6.07) is 0. The van der Waals surface area contributed by atoms with E-state index in [-0.39, 0.29) is 75.0 Å². The molecule has 0 heterocycles. The molecule has 0 unspecified atom stereocenters. The molecule has 0 fully saturated rings. The molecule has 0 bridgehead atoms. The number of rotatable bonds is 0. The van der Waals surface area contributed by atoms with Crippen molar-refractivity contribution in [2.24, 2.45) is 0 Å². The van der Waals surface area contributed by atoms with Crippen LogP contribution in [-0.4, -0.2) is 16.2 Å². The molecule has 0 aliphatic carbocycles. The van der Waals surface area contributed by atoms with Gasteiger partial charge in [-0.15, -0.1) is 0 Å². The van der Waals surface area contributed by atoms with Gasteiger partial charge in [-0.3, -0.25) is 4.70 Å². The molecule has 1 nitrogen and oxygen atoms in total. The topological polar surface area (TPSA) is 17.1 Å². The van der Waals surface area contributed by atoms with Gasteiger partial charge in [0, 0.05) is 0 Å². The van der Waals surface area contributed by atoms with Crippen LogP contribution in [0.2, 0.25) is 0 Å². The fourth-order valence-electron chi connectivity index (χ4n) is 0. The molecule has 0 spiro atoms. The van der Waals surface area contributed by atoms with Gasteiger partial charge in [0.2, 0.25) is 0 Å². The number of halogens is 1. The fraction of sp³-hybridized carbons (Fsp3) is 0. The van der Waals surface area contributed by atoms with E-state index in [1.807, 2.05) is 0 Å². The molecule has 0 aromatic heterocycles. The molecule has 4 heavy (non-hydrogen) atoms. The summed E-state index contributed by atoms with van der Waals surface area (Å²) in [5.41, 5.74) is 0. The van der Waals surface area contributed by atoms with Crippen LogP contribution in [0.3, 0.4) is 0 Å². The van der Waals surface area contributed by atoms with Gasteiger partial charge in [-0.05, 0) is 0 Å². The molecule has 0 aliphatic heterocycles. The zero-order valence-corrected chi connectivity index (χ0v) is 9.83. The van der Waals surface area contributed by atoms with Gasteiger partial charge in [-0.1, -0.05) is 0 Å². The van der Waals surface area contributed by atoms with E-state index < -0.39 is 0 Å². The molecule has 0 aromatic carbocycles. The standard InChI is InChI=1S/Al.Cs.FH.O.H/h;;1H;;/q;+1;;;-1. The first-order valence-corrected chi connectivity index (χ1v) is 0.707. The van der Waals surface area contributed by atoms with Gasteiger partial charge in [0.1, 0.15) is 0 Å². The van der Waals surface area contributed by atoms with Crippen molar-refractivity contribution in [1.82, 2.24) is 0 Å². The maximum atomic E-state index is 8.17. The van der Waals surface area contributed by atoms with Crippen molar-refractivity contribution in [2.75, 3.05) is 0 Å². The summed E-state index contributed by atoms with van der Waals surface area (Å²) in [5.74, 6) is 0. The van der Waals surface area contributed by atoms with Gasteiger partial charge in [-0.25, -0.2) is 0 Å². The van der Waals surface area contributed by atoms with Gasteiger partial charge in [0.15, 0.2) is 0 Å². The van der Waals surface area contributed by atoms with Crippen molar-refractivity contribution < 1.29 is 78.8 Å². The monoisotopic (exact) mass is 197 g/mol. The summed E-state index contributed by atoms with van der Waals surface area (Å²) in [4.78, 5) is 0. The Hall–Kier alpha value is 2.31. The zero-order valence-electron chi connectivity index (χ0n) is 3.39. The van der Waals surface area contributed by atoms with Crippen LogP contribution in [0.1, 0.15) is 1.43 Å². The van der Waals surface area contributed by atoms with Crippen LogP contribution in [-0.2, 0) is 3.80 Å². The van der Waals surface area contributed by atoms with Crippen LogP contribution >= 0.6 is 0 Å². The predicted molar refractivity (Wildman–Crippen MR) is 10.1 cm³/mol. The number of hydrogen-bond donors (Lipinski definition) is 0. The van der Waals surface area contributed by atoms with Crippen LogP contribution in [0.4, 0.5) is 4.70 Å². The second-order valence-electron chi connectivity index (χ2n) is 0. The zero-order chi connectivity index (χ0) is 2.00. The second-order valence-corrected chi connectivity index (χ2v) is 0. The first-order valence-electron chi connectivity index (χ1n) is 0.236. The van der Waals surface area contributed by atoms with E-state index in [9.17, 15) is 0 Å². The molecule has 0 saturated heterocycles. The Balaban J connectivity index is -0.00000000167. The third kappa shape index (κ3) is 8.85. The van der Waals surface area contributed by atoms with Crippen molar-refractivity contribution in [3.05, 3.63) is 0 Å². The average molecular weight is 197 g/mol. The molecule has 0 aromatic rings. The maximum absolute atomic E-state index is 8.17. The number of hydrogen-bond acceptors (Lipinski definition) is 1. The predicted octanol–water partition coefficient (Wildman–Crippen LogP) is -3.23. The Morgan fingerprint density at radius 1 is 1.50 bits per heavy atom. The Labute approximate surface area is 92.4 Å². The SMILES string of the molecule is F.[Cs+].[H-].[O]=[Al]. The molecule has 0 atom stereocenters. The third-order valence-corrected chi connectivity index (χ3v) is 0. The van der Waals surface area contributed by atoms with Gasteiger partial charge >= 0.3 is 88.9 Å². The molecule has 0 saturated carbocycles. The minimum absolute atomic E-state index is 0. The van der Waals surface area contributed by atoms with Gasteiger partial charge < -0.3 is 1.43 Å². The first-order chi connectivity index (χ1) is 1.00. The Morgan fingerprint density at radius 3 is 1.50 bits per heavy atom. The van der Waals surface area contributed by atoms with Crippen LogP contribution in [0.5, 0.6) is 0 Å². The summed E-state index contributed by atoms with van der Waals surface area (Å²) >= 11 is 1.17. The molecular formula is H2AlCsFO. The van der Waals surface area contributed by atoms with Crippen LogP contribution in [0.25, 0.3) is 0 Å². The van der Waals surface area contributed by atoms with Crippen molar-refractivity contribution in [3.8, 4) is 0 Å². The van der Waals surface area contributed by atoms with E-state index in [0.29, 0.717) is 0 Å². The summed E-state index contributed by atoms with van der Waals surface area (Å²) < 4.78 is 8.17. The molecule has 0 amide bonds. The van der Waals surface area contributed by atoms with E-state index in [4.69, 9.17) is 3.80 Å². The molecule has 0 aliphatic rings. The first kappa shape index (κ1) is 16.2. The van der Waals surface area contributed by atoms with Crippen LogP contribution in [0, 0.1) is 0 Å². The van der Waals surface area contributed by atoms with Crippen molar-refractivity contribution in [2.45, 2.75) is 0 Å². The summed E-state index contributed by atoms with van der Waals surface area (Å²) in [5, 5.41) is 0. The van der Waals surface area contributed by atoms with Crippen LogP contribution in [0.15, 0.2) is 0 Å². The summed E-state index contributed by atoms with van der Waals surface area (Å²) in [6.45, 7) is 0. The van der Waals surface area contributed by atoms with Gasteiger partial charge in [-0.2, -0.15) is 0 Å². The second kappa shape index (κ2) is 18.5. The summed E-state index contributed by atoms with van der Waals surface area (Å²) in [7, 11) is 0. The molecule has 0 rings (SSSR count). The van der Waals surface area contributed by atoms with Crippen molar-refractivity contribution in [1.29, 1.82) is 0 Å². The molecule has 19 valence electrons. The minimum atomic E-state index is 0. The Bertz CT molecular complexity index is 11.6. The Kier molecular flexibility index (Phi) is 75.0. The van der Waals surface area contributed by atoms with Crippen LogP contribution < -0.4 is 68.9 Å². The average Bonchev–Trinajstić information content (AvgIpc) is 1.00. The van der Waals surface area contributed by atoms with E-state index in [2.05, 4.69) is 0 Å². The van der Waals surface area contributed by atoms with E-state index in [1.165, 1.54) is 16.2 Å². The van der Waals surface area contributed by atoms with E-state index in [1.54, 1.807) is 0 Å². The molecule has 1 radical (unpaired) electrons.